The van der Waals surface area contributed by atoms with E-state index in [4.69, 9.17) is 26.1 Å². The van der Waals surface area contributed by atoms with Crippen LogP contribution in [0, 0.1) is 0 Å². The summed E-state index contributed by atoms with van der Waals surface area (Å²) in [6.45, 7) is 4.82. The molecular formula is C22H24BrCl2N3O3S. The zero-order valence-electron chi connectivity index (χ0n) is 17.6. The lowest BCUT2D eigenvalue weighted by Gasteiger charge is -2.27. The van der Waals surface area contributed by atoms with Crippen molar-refractivity contribution in [1.82, 2.24) is 9.88 Å². The Morgan fingerprint density at radius 1 is 1.28 bits per heavy atom. The van der Waals surface area contributed by atoms with Gasteiger partial charge in [0.25, 0.3) is 5.91 Å². The van der Waals surface area contributed by atoms with Gasteiger partial charge in [0.05, 0.1) is 41.1 Å². The number of aromatic nitrogens is 1. The second-order valence-electron chi connectivity index (χ2n) is 7.22. The molecule has 0 saturated carbocycles. The van der Waals surface area contributed by atoms with Crippen molar-refractivity contribution in [3.05, 3.63) is 51.5 Å². The highest BCUT2D eigenvalue weighted by atomic mass is 79.9. The molecule has 3 aromatic rings. The number of carbonyl (C=O) groups is 1. The average molecular weight is 561 g/mol. The molecule has 0 bridgehead atoms. The maximum atomic E-state index is 13.5. The summed E-state index contributed by atoms with van der Waals surface area (Å²) in [6.07, 6.45) is 0.830. The number of methoxy groups -OCH3 is 1. The SMILES string of the molecule is COc1ccc2sc(N(CCCN3CCOCC3)C(=O)c3cc(Br)ccc3Cl)nc2c1.Cl. The number of ether oxygens (including phenoxy) is 2. The van der Waals surface area contributed by atoms with E-state index in [1.165, 1.54) is 11.3 Å². The number of morpholine rings is 1. The number of hydrogen-bond donors (Lipinski definition) is 0. The molecule has 0 N–H and O–H groups in total. The maximum absolute atomic E-state index is 13.5. The summed E-state index contributed by atoms with van der Waals surface area (Å²) >= 11 is 11.3. The minimum atomic E-state index is -0.153. The number of benzene rings is 2. The van der Waals surface area contributed by atoms with Crippen molar-refractivity contribution in [3.8, 4) is 5.75 Å². The van der Waals surface area contributed by atoms with Gasteiger partial charge in [-0.1, -0.05) is 38.9 Å². The second-order valence-corrected chi connectivity index (χ2v) is 9.55. The van der Waals surface area contributed by atoms with Gasteiger partial charge in [-0.15, -0.1) is 12.4 Å². The molecule has 0 aliphatic carbocycles. The molecule has 1 amide bonds. The number of carbonyl (C=O) groups excluding carboxylic acids is 1. The van der Waals surface area contributed by atoms with Gasteiger partial charge in [0, 0.05) is 36.7 Å². The third kappa shape index (κ3) is 5.92. The molecule has 172 valence electrons. The Hall–Kier alpha value is -1.42. The molecule has 2 aromatic carbocycles. The van der Waals surface area contributed by atoms with Crippen LogP contribution in [-0.2, 0) is 4.74 Å². The Morgan fingerprint density at radius 2 is 2.06 bits per heavy atom. The number of halogens is 3. The summed E-state index contributed by atoms with van der Waals surface area (Å²) in [7, 11) is 1.63. The Balaban J connectivity index is 0.00000289. The quantitative estimate of drug-likeness (QED) is 0.381. The molecular weight excluding hydrogens is 537 g/mol. The topological polar surface area (TPSA) is 54.9 Å². The number of fused-ring (bicyclic) bond motifs is 1. The van der Waals surface area contributed by atoms with Gasteiger partial charge in [-0.05, 0) is 36.8 Å². The van der Waals surface area contributed by atoms with Crippen LogP contribution in [0.1, 0.15) is 16.8 Å². The van der Waals surface area contributed by atoms with Crippen LogP contribution in [0.15, 0.2) is 40.9 Å². The van der Waals surface area contributed by atoms with Crippen LogP contribution in [0.5, 0.6) is 5.75 Å². The number of anilines is 1. The van der Waals surface area contributed by atoms with Gasteiger partial charge in [0.15, 0.2) is 5.13 Å². The van der Waals surface area contributed by atoms with Gasteiger partial charge >= 0.3 is 0 Å². The van der Waals surface area contributed by atoms with Crippen LogP contribution in [0.4, 0.5) is 5.13 Å². The van der Waals surface area contributed by atoms with Crippen LogP contribution < -0.4 is 9.64 Å². The van der Waals surface area contributed by atoms with Gasteiger partial charge in [-0.3, -0.25) is 14.6 Å². The monoisotopic (exact) mass is 559 g/mol. The largest absolute Gasteiger partial charge is 0.497 e. The third-order valence-electron chi connectivity index (χ3n) is 5.18. The van der Waals surface area contributed by atoms with Crippen LogP contribution in [-0.4, -0.2) is 62.3 Å². The molecule has 0 spiro atoms. The van der Waals surface area contributed by atoms with Crippen LogP contribution in [0.2, 0.25) is 5.02 Å². The number of hydrogen-bond acceptors (Lipinski definition) is 6. The lowest BCUT2D eigenvalue weighted by molar-refractivity contribution is 0.0376. The molecule has 1 aliphatic heterocycles. The molecule has 1 fully saturated rings. The highest BCUT2D eigenvalue weighted by Crippen LogP contribution is 2.33. The van der Waals surface area contributed by atoms with E-state index in [0.717, 1.165) is 59.7 Å². The molecule has 10 heteroatoms. The Labute approximate surface area is 211 Å². The van der Waals surface area contributed by atoms with Gasteiger partial charge in [-0.25, -0.2) is 4.98 Å². The molecule has 4 rings (SSSR count). The van der Waals surface area contributed by atoms with Gasteiger partial charge in [-0.2, -0.15) is 0 Å². The van der Waals surface area contributed by atoms with Crippen molar-refractivity contribution in [2.45, 2.75) is 6.42 Å². The summed E-state index contributed by atoms with van der Waals surface area (Å²) in [5.74, 6) is 0.587. The normalized spacial score (nSPS) is 14.2. The molecule has 1 aromatic heterocycles. The van der Waals surface area contributed by atoms with Crippen molar-refractivity contribution >= 4 is 72.5 Å². The summed E-state index contributed by atoms with van der Waals surface area (Å²) < 4.78 is 12.6. The number of nitrogens with zero attached hydrogens (tertiary/aromatic N) is 3. The minimum Gasteiger partial charge on any atom is -0.497 e. The minimum absolute atomic E-state index is 0. The predicted octanol–water partition coefficient (Wildman–Crippen LogP) is 5.51. The fourth-order valence-electron chi connectivity index (χ4n) is 3.51. The smallest absolute Gasteiger partial charge is 0.261 e. The first-order valence-electron chi connectivity index (χ1n) is 10.1. The molecule has 0 unspecified atom stereocenters. The average Bonchev–Trinajstić information content (AvgIpc) is 3.21. The van der Waals surface area contributed by atoms with E-state index in [9.17, 15) is 4.79 Å². The van der Waals surface area contributed by atoms with E-state index in [1.54, 1.807) is 24.1 Å². The molecule has 6 nitrogen and oxygen atoms in total. The van der Waals surface area contributed by atoms with E-state index in [1.807, 2.05) is 24.3 Å². The van der Waals surface area contributed by atoms with Crippen LogP contribution in [0.25, 0.3) is 10.2 Å². The zero-order chi connectivity index (χ0) is 21.8. The van der Waals surface area contributed by atoms with Crippen molar-refractivity contribution < 1.29 is 14.3 Å². The highest BCUT2D eigenvalue weighted by Gasteiger charge is 2.24. The predicted molar refractivity (Wildman–Crippen MR) is 136 cm³/mol. The standard InChI is InChI=1S/C22H23BrClN3O3S.ClH/c1-29-16-4-6-20-19(14-16)25-22(31-20)27(8-2-7-26-9-11-30-12-10-26)21(28)17-13-15(23)3-5-18(17)24;/h3-6,13-14H,2,7-12H2,1H3;1H. The van der Waals surface area contributed by atoms with E-state index in [-0.39, 0.29) is 18.3 Å². The molecule has 32 heavy (non-hydrogen) atoms. The first kappa shape index (κ1) is 25.2. The lowest BCUT2D eigenvalue weighted by Crippen LogP contribution is -2.39. The van der Waals surface area contributed by atoms with E-state index >= 15 is 0 Å². The summed E-state index contributed by atoms with van der Waals surface area (Å²) in [5, 5.41) is 1.08. The molecule has 0 atom stereocenters. The lowest BCUT2D eigenvalue weighted by atomic mass is 10.2. The van der Waals surface area contributed by atoms with Crippen molar-refractivity contribution in [1.29, 1.82) is 0 Å². The van der Waals surface area contributed by atoms with E-state index in [2.05, 4.69) is 20.8 Å². The number of rotatable bonds is 7. The molecule has 1 saturated heterocycles. The molecule has 1 aliphatic rings. The van der Waals surface area contributed by atoms with Crippen molar-refractivity contribution in [2.24, 2.45) is 0 Å². The van der Waals surface area contributed by atoms with Gasteiger partial charge in [0.1, 0.15) is 5.75 Å². The highest BCUT2D eigenvalue weighted by molar-refractivity contribution is 9.10. The van der Waals surface area contributed by atoms with Crippen LogP contribution in [0.3, 0.4) is 0 Å². The summed E-state index contributed by atoms with van der Waals surface area (Å²) in [4.78, 5) is 22.4. The number of thiazole rings is 1. The van der Waals surface area contributed by atoms with Crippen molar-refractivity contribution in [2.75, 3.05) is 51.4 Å². The zero-order valence-corrected chi connectivity index (χ0v) is 21.5. The maximum Gasteiger partial charge on any atom is 0.261 e. The van der Waals surface area contributed by atoms with Gasteiger partial charge in [0.2, 0.25) is 0 Å². The summed E-state index contributed by atoms with van der Waals surface area (Å²) in [5.41, 5.74) is 1.27. The third-order valence-corrected chi connectivity index (χ3v) is 7.06. The molecule has 2 heterocycles. The number of amides is 1. The van der Waals surface area contributed by atoms with Crippen molar-refractivity contribution in [3.63, 3.8) is 0 Å². The van der Waals surface area contributed by atoms with Gasteiger partial charge < -0.3 is 9.47 Å². The first-order valence-corrected chi connectivity index (χ1v) is 12.1. The second kappa shape index (κ2) is 11.6. The molecule has 0 radical (unpaired) electrons. The fraction of sp³-hybridized carbons (Fsp3) is 0.364. The van der Waals surface area contributed by atoms with E-state index < -0.39 is 0 Å². The first-order chi connectivity index (χ1) is 15.0. The van der Waals surface area contributed by atoms with E-state index in [0.29, 0.717) is 22.3 Å². The Bertz CT molecular complexity index is 1080. The summed E-state index contributed by atoms with van der Waals surface area (Å²) in [6, 6.07) is 11.1. The van der Waals surface area contributed by atoms with Crippen LogP contribution >= 0.6 is 51.3 Å². The Kier molecular flexibility index (Phi) is 9.16. The Morgan fingerprint density at radius 3 is 2.81 bits per heavy atom. The fourth-order valence-corrected chi connectivity index (χ4v) is 5.04.